The number of rotatable bonds is 4. The number of carbonyl (C=O) groups excluding carboxylic acids is 1. The molecule has 1 aromatic carbocycles. The quantitative estimate of drug-likeness (QED) is 0.832. The van der Waals surface area contributed by atoms with Crippen LogP contribution in [0, 0.1) is 0 Å². The Balaban J connectivity index is 2.73. The van der Waals surface area contributed by atoms with Crippen LogP contribution >= 0.6 is 11.6 Å². The Morgan fingerprint density at radius 2 is 1.74 bits per heavy atom. The molecule has 2 atom stereocenters. The molecule has 1 amide bonds. The van der Waals surface area contributed by atoms with Crippen molar-refractivity contribution in [2.75, 3.05) is 0 Å². The number of halogens is 4. The number of nitrogens with one attached hydrogen (secondary N) is 1. The third kappa shape index (κ3) is 4.42. The van der Waals surface area contributed by atoms with Crippen LogP contribution in [0.5, 0.6) is 0 Å². The Labute approximate surface area is 114 Å². The van der Waals surface area contributed by atoms with Crippen molar-refractivity contribution in [3.63, 3.8) is 0 Å². The molecule has 1 rings (SSSR count). The molecule has 0 aliphatic heterocycles. The molecule has 6 heteroatoms. The second-order valence-corrected chi connectivity index (χ2v) is 4.76. The third-order valence-corrected chi connectivity index (χ3v) is 3.32. The van der Waals surface area contributed by atoms with E-state index in [-0.39, 0.29) is 5.38 Å². The van der Waals surface area contributed by atoms with E-state index in [2.05, 4.69) is 0 Å². The lowest BCUT2D eigenvalue weighted by atomic mass is 10.0. The molecule has 1 N–H and O–H groups in total. The van der Waals surface area contributed by atoms with Crippen molar-refractivity contribution in [2.45, 2.75) is 37.9 Å². The first-order valence-electron chi connectivity index (χ1n) is 5.87. The monoisotopic (exact) mass is 293 g/mol. The Morgan fingerprint density at radius 3 is 2.16 bits per heavy atom. The number of alkyl halides is 4. The van der Waals surface area contributed by atoms with E-state index in [9.17, 15) is 18.0 Å². The summed E-state index contributed by atoms with van der Waals surface area (Å²) < 4.78 is 36.3. The Kier molecular flexibility index (Phi) is 5.23. The largest absolute Gasteiger partial charge is 0.471 e. The molecule has 1 unspecified atom stereocenters. The van der Waals surface area contributed by atoms with Gasteiger partial charge in [-0.1, -0.05) is 31.2 Å². The summed E-state index contributed by atoms with van der Waals surface area (Å²) in [5.41, 5.74) is 1.50. The van der Waals surface area contributed by atoms with Crippen molar-refractivity contribution in [3.8, 4) is 0 Å². The Bertz CT molecular complexity index is 431. The molecule has 19 heavy (non-hydrogen) atoms. The van der Waals surface area contributed by atoms with Gasteiger partial charge in [-0.2, -0.15) is 13.2 Å². The van der Waals surface area contributed by atoms with Crippen molar-refractivity contribution in [2.24, 2.45) is 0 Å². The van der Waals surface area contributed by atoms with Crippen LogP contribution < -0.4 is 5.32 Å². The maximum absolute atomic E-state index is 12.1. The van der Waals surface area contributed by atoms with Gasteiger partial charge in [0.05, 0.1) is 11.4 Å². The van der Waals surface area contributed by atoms with E-state index in [4.69, 9.17) is 11.6 Å². The number of benzene rings is 1. The van der Waals surface area contributed by atoms with Gasteiger partial charge in [-0.15, -0.1) is 11.6 Å². The summed E-state index contributed by atoms with van der Waals surface area (Å²) >= 11 is 6.05. The highest BCUT2D eigenvalue weighted by Crippen LogP contribution is 2.25. The number of amides is 1. The van der Waals surface area contributed by atoms with Gasteiger partial charge in [0.25, 0.3) is 0 Å². The second kappa shape index (κ2) is 6.28. The van der Waals surface area contributed by atoms with E-state index in [0.717, 1.165) is 12.0 Å². The zero-order valence-corrected chi connectivity index (χ0v) is 11.3. The topological polar surface area (TPSA) is 29.1 Å². The minimum Gasteiger partial charge on any atom is -0.342 e. The number of hydrogen-bond acceptors (Lipinski definition) is 1. The SMILES string of the molecule is CCC(Cl)c1ccc([C@H](C)NC(=O)C(F)(F)F)cc1. The van der Waals surface area contributed by atoms with Gasteiger partial charge in [0.15, 0.2) is 0 Å². The molecule has 0 saturated heterocycles. The highest BCUT2D eigenvalue weighted by molar-refractivity contribution is 6.20. The van der Waals surface area contributed by atoms with Crippen LogP contribution in [0.1, 0.15) is 42.8 Å². The van der Waals surface area contributed by atoms with Crippen molar-refractivity contribution in [3.05, 3.63) is 35.4 Å². The lowest BCUT2D eigenvalue weighted by Crippen LogP contribution is -2.38. The molecule has 0 radical (unpaired) electrons. The number of carbonyl (C=O) groups is 1. The second-order valence-electron chi connectivity index (χ2n) is 4.24. The third-order valence-electron chi connectivity index (χ3n) is 2.76. The molecule has 0 aromatic heterocycles. The average Bonchev–Trinajstić information content (AvgIpc) is 2.36. The summed E-state index contributed by atoms with van der Waals surface area (Å²) in [5, 5.41) is 1.79. The fraction of sp³-hybridized carbons (Fsp3) is 0.462. The van der Waals surface area contributed by atoms with Crippen LogP contribution in [0.25, 0.3) is 0 Å². The molecule has 0 aliphatic carbocycles. The molecule has 0 aliphatic rings. The van der Waals surface area contributed by atoms with Gasteiger partial charge in [0.2, 0.25) is 0 Å². The highest BCUT2D eigenvalue weighted by Gasteiger charge is 2.39. The smallest absolute Gasteiger partial charge is 0.342 e. The van der Waals surface area contributed by atoms with E-state index in [1.165, 1.54) is 6.92 Å². The lowest BCUT2D eigenvalue weighted by Gasteiger charge is -2.16. The molecule has 0 bridgehead atoms. The maximum atomic E-state index is 12.1. The maximum Gasteiger partial charge on any atom is 0.471 e. The fourth-order valence-corrected chi connectivity index (χ4v) is 1.74. The number of hydrogen-bond donors (Lipinski definition) is 1. The zero-order chi connectivity index (χ0) is 14.6. The summed E-state index contributed by atoms with van der Waals surface area (Å²) in [7, 11) is 0. The van der Waals surface area contributed by atoms with Crippen molar-refractivity contribution in [1.82, 2.24) is 5.32 Å². The van der Waals surface area contributed by atoms with Gasteiger partial charge >= 0.3 is 12.1 Å². The normalized spacial score (nSPS) is 14.8. The van der Waals surface area contributed by atoms with Crippen molar-refractivity contribution < 1.29 is 18.0 Å². The van der Waals surface area contributed by atoms with Gasteiger partial charge in [-0.05, 0) is 24.5 Å². The standard InChI is InChI=1S/C13H15ClF3NO/c1-3-11(14)10-6-4-9(5-7-10)8(2)18-12(19)13(15,16)17/h4-8,11H,3H2,1-2H3,(H,18,19)/t8-,11?/m0/s1. The van der Waals surface area contributed by atoms with E-state index < -0.39 is 18.1 Å². The predicted molar refractivity (Wildman–Crippen MR) is 67.9 cm³/mol. The molecule has 106 valence electrons. The minimum absolute atomic E-state index is 0.117. The summed E-state index contributed by atoms with van der Waals surface area (Å²) in [6, 6.07) is 6.14. The first kappa shape index (κ1) is 15.8. The first-order valence-corrected chi connectivity index (χ1v) is 6.31. The molecular weight excluding hydrogens is 279 g/mol. The van der Waals surface area contributed by atoms with E-state index >= 15 is 0 Å². The van der Waals surface area contributed by atoms with E-state index in [1.807, 2.05) is 12.2 Å². The molecule has 0 heterocycles. The molecule has 1 aromatic rings. The van der Waals surface area contributed by atoms with Gasteiger partial charge < -0.3 is 5.32 Å². The van der Waals surface area contributed by atoms with Gasteiger partial charge in [0, 0.05) is 0 Å². The summed E-state index contributed by atoms with van der Waals surface area (Å²) in [5.74, 6) is -1.94. The predicted octanol–water partition coefficient (Wildman–Crippen LogP) is 4.12. The van der Waals surface area contributed by atoms with Crippen LogP contribution in [0.15, 0.2) is 24.3 Å². The average molecular weight is 294 g/mol. The van der Waals surface area contributed by atoms with Crippen molar-refractivity contribution >= 4 is 17.5 Å². The van der Waals surface area contributed by atoms with Gasteiger partial charge in [-0.3, -0.25) is 4.79 Å². The van der Waals surface area contributed by atoms with Crippen molar-refractivity contribution in [1.29, 1.82) is 0 Å². The Morgan fingerprint density at radius 1 is 1.26 bits per heavy atom. The van der Waals surface area contributed by atoms with Crippen LogP contribution in [-0.4, -0.2) is 12.1 Å². The van der Waals surface area contributed by atoms with Crippen LogP contribution in [0.4, 0.5) is 13.2 Å². The van der Waals surface area contributed by atoms with Gasteiger partial charge in [0.1, 0.15) is 0 Å². The molecule has 0 saturated carbocycles. The molecular formula is C13H15ClF3NO. The zero-order valence-electron chi connectivity index (χ0n) is 10.6. The van der Waals surface area contributed by atoms with E-state index in [1.54, 1.807) is 24.3 Å². The first-order chi connectivity index (χ1) is 8.75. The van der Waals surface area contributed by atoms with Crippen LogP contribution in [0.2, 0.25) is 0 Å². The van der Waals surface area contributed by atoms with Crippen LogP contribution in [-0.2, 0) is 4.79 Å². The fourth-order valence-electron chi connectivity index (χ4n) is 1.59. The highest BCUT2D eigenvalue weighted by atomic mass is 35.5. The van der Waals surface area contributed by atoms with Gasteiger partial charge in [-0.25, -0.2) is 0 Å². The summed E-state index contributed by atoms with van der Waals surface area (Å²) in [4.78, 5) is 10.8. The van der Waals surface area contributed by atoms with Crippen LogP contribution in [0.3, 0.4) is 0 Å². The lowest BCUT2D eigenvalue weighted by molar-refractivity contribution is -0.174. The molecule has 2 nitrogen and oxygen atoms in total. The summed E-state index contributed by atoms with van der Waals surface area (Å²) in [6.45, 7) is 3.44. The molecule has 0 spiro atoms. The minimum atomic E-state index is -4.86. The van der Waals surface area contributed by atoms with E-state index in [0.29, 0.717) is 5.56 Å². The summed E-state index contributed by atoms with van der Waals surface area (Å²) in [6.07, 6.45) is -4.10. The Hall–Kier alpha value is -1.23. The molecule has 0 fully saturated rings.